The van der Waals surface area contributed by atoms with Crippen LogP contribution in [0.3, 0.4) is 0 Å². The van der Waals surface area contributed by atoms with Crippen molar-refractivity contribution in [2.24, 2.45) is 0 Å². The summed E-state index contributed by atoms with van der Waals surface area (Å²) in [6.07, 6.45) is 6.55. The number of aryl methyl sites for hydroxylation is 1. The molecule has 6 nitrogen and oxygen atoms in total. The van der Waals surface area contributed by atoms with Crippen molar-refractivity contribution in [1.82, 2.24) is 9.71 Å². The molecular formula is C13H18N2O4S. The van der Waals surface area contributed by atoms with Crippen LogP contribution in [0.5, 0.6) is 0 Å². The zero-order valence-electron chi connectivity index (χ0n) is 11.6. The van der Waals surface area contributed by atoms with E-state index in [4.69, 9.17) is 11.5 Å². The molecule has 1 aromatic heterocycles. The van der Waals surface area contributed by atoms with Crippen LogP contribution in [-0.4, -0.2) is 30.5 Å². The number of carbonyl (C=O) groups is 1. The zero-order valence-corrected chi connectivity index (χ0v) is 12.5. The summed E-state index contributed by atoms with van der Waals surface area (Å²) in [6.45, 7) is 4.86. The van der Waals surface area contributed by atoms with E-state index in [1.165, 1.54) is 13.8 Å². The third-order valence-corrected chi connectivity index (χ3v) is 4.67. The van der Waals surface area contributed by atoms with Crippen LogP contribution >= 0.6 is 0 Å². The Kier molecular flexibility index (Phi) is 4.98. The Bertz CT molecular complexity index is 653. The third kappa shape index (κ3) is 3.21. The molecule has 3 N–H and O–H groups in total. The number of carboxylic acid groups (broad SMARTS) is 1. The standard InChI is InChI=1S/C13H18N2O4S/c1-5-7-10(6-2)15-20(18,19)12-8(3)11(13(16)17)14-9(12)4/h2,10,14-15H,5,7H2,1,3-4H3,(H,16,17). The molecule has 1 heterocycles. The van der Waals surface area contributed by atoms with Gasteiger partial charge in [0, 0.05) is 11.3 Å². The maximum atomic E-state index is 12.3. The van der Waals surface area contributed by atoms with Gasteiger partial charge in [-0.3, -0.25) is 0 Å². The lowest BCUT2D eigenvalue weighted by molar-refractivity contribution is 0.0690. The summed E-state index contributed by atoms with van der Waals surface area (Å²) in [5, 5.41) is 9.00. The molecule has 1 unspecified atom stereocenters. The van der Waals surface area contributed by atoms with Gasteiger partial charge in [-0.15, -0.1) is 6.42 Å². The molecule has 0 bridgehead atoms. The van der Waals surface area contributed by atoms with Crippen molar-refractivity contribution in [1.29, 1.82) is 0 Å². The third-order valence-electron chi connectivity index (χ3n) is 2.93. The average Bonchev–Trinajstić information content (AvgIpc) is 2.64. The minimum atomic E-state index is -3.85. The van der Waals surface area contributed by atoms with E-state index in [2.05, 4.69) is 15.6 Å². The fourth-order valence-corrected chi connectivity index (χ4v) is 3.70. The van der Waals surface area contributed by atoms with Crippen LogP contribution < -0.4 is 4.72 Å². The number of terminal acetylenes is 1. The molecule has 1 rings (SSSR count). The van der Waals surface area contributed by atoms with Crippen molar-refractivity contribution in [3.63, 3.8) is 0 Å². The number of sulfonamides is 1. The summed E-state index contributed by atoms with van der Waals surface area (Å²) in [7, 11) is -3.85. The zero-order chi connectivity index (χ0) is 15.5. The predicted molar refractivity (Wildman–Crippen MR) is 75.1 cm³/mol. The second-order valence-electron chi connectivity index (χ2n) is 4.51. The molecule has 0 aliphatic heterocycles. The van der Waals surface area contributed by atoms with Gasteiger partial charge in [-0.1, -0.05) is 19.3 Å². The molecule has 0 spiro atoms. The Labute approximate surface area is 118 Å². The van der Waals surface area contributed by atoms with Crippen molar-refractivity contribution in [2.75, 3.05) is 0 Å². The van der Waals surface area contributed by atoms with Gasteiger partial charge in [0.15, 0.2) is 0 Å². The van der Waals surface area contributed by atoms with Crippen LogP contribution in [0.2, 0.25) is 0 Å². The van der Waals surface area contributed by atoms with Gasteiger partial charge in [-0.25, -0.2) is 13.2 Å². The van der Waals surface area contributed by atoms with Crippen molar-refractivity contribution in [2.45, 2.75) is 44.6 Å². The first-order valence-corrected chi connectivity index (χ1v) is 7.63. The number of H-pyrrole nitrogens is 1. The lowest BCUT2D eigenvalue weighted by Crippen LogP contribution is -2.34. The highest BCUT2D eigenvalue weighted by atomic mass is 32.2. The lowest BCUT2D eigenvalue weighted by atomic mass is 10.2. The van der Waals surface area contributed by atoms with E-state index in [-0.39, 0.29) is 21.8 Å². The summed E-state index contributed by atoms with van der Waals surface area (Å²) in [4.78, 5) is 13.5. The number of carboxylic acids is 1. The van der Waals surface area contributed by atoms with E-state index in [1.54, 1.807) is 0 Å². The molecule has 20 heavy (non-hydrogen) atoms. The number of aromatic amines is 1. The highest BCUT2D eigenvalue weighted by Crippen LogP contribution is 2.23. The second-order valence-corrected chi connectivity index (χ2v) is 6.16. The van der Waals surface area contributed by atoms with Gasteiger partial charge < -0.3 is 10.1 Å². The van der Waals surface area contributed by atoms with Gasteiger partial charge in [-0.05, 0) is 20.3 Å². The lowest BCUT2D eigenvalue weighted by Gasteiger charge is -2.13. The minimum absolute atomic E-state index is 0.0498. The van der Waals surface area contributed by atoms with E-state index < -0.39 is 22.0 Å². The number of rotatable bonds is 6. The topological polar surface area (TPSA) is 99.3 Å². The SMILES string of the molecule is C#CC(CCC)NS(=O)(=O)c1c(C)[nH]c(C(=O)O)c1C. The maximum Gasteiger partial charge on any atom is 0.352 e. The fourth-order valence-electron chi connectivity index (χ4n) is 2.06. The number of aromatic carboxylic acids is 1. The van der Waals surface area contributed by atoms with E-state index in [1.807, 2.05) is 6.92 Å². The molecule has 0 aliphatic carbocycles. The number of nitrogens with one attached hydrogen (secondary N) is 2. The van der Waals surface area contributed by atoms with Crippen LogP contribution in [0.25, 0.3) is 0 Å². The van der Waals surface area contributed by atoms with Crippen LogP contribution in [0, 0.1) is 26.2 Å². The maximum absolute atomic E-state index is 12.3. The molecule has 0 aliphatic rings. The Morgan fingerprint density at radius 3 is 2.50 bits per heavy atom. The minimum Gasteiger partial charge on any atom is -0.477 e. The van der Waals surface area contributed by atoms with E-state index in [9.17, 15) is 13.2 Å². The van der Waals surface area contributed by atoms with Gasteiger partial charge in [0.05, 0.1) is 6.04 Å². The normalized spacial score (nSPS) is 12.9. The Hall–Kier alpha value is -1.78. The van der Waals surface area contributed by atoms with Crippen LogP contribution in [-0.2, 0) is 10.0 Å². The van der Waals surface area contributed by atoms with E-state index in [0.717, 1.165) is 6.42 Å². The molecule has 1 atom stereocenters. The quantitative estimate of drug-likeness (QED) is 0.691. The number of aromatic nitrogens is 1. The summed E-state index contributed by atoms with van der Waals surface area (Å²) < 4.78 is 27.1. The monoisotopic (exact) mass is 298 g/mol. The van der Waals surface area contributed by atoms with Crippen LogP contribution in [0.15, 0.2) is 4.90 Å². The summed E-state index contributed by atoms with van der Waals surface area (Å²) >= 11 is 0. The summed E-state index contributed by atoms with van der Waals surface area (Å²) in [5.41, 5.74) is 0.324. The molecule has 7 heteroatoms. The smallest absolute Gasteiger partial charge is 0.352 e. The first kappa shape index (κ1) is 16.3. The van der Waals surface area contributed by atoms with Crippen molar-refractivity contribution >= 4 is 16.0 Å². The molecule has 0 fully saturated rings. The van der Waals surface area contributed by atoms with E-state index in [0.29, 0.717) is 6.42 Å². The molecule has 110 valence electrons. The highest BCUT2D eigenvalue weighted by Gasteiger charge is 2.27. The highest BCUT2D eigenvalue weighted by molar-refractivity contribution is 7.89. The molecule has 0 radical (unpaired) electrons. The predicted octanol–water partition coefficient (Wildman–Crippen LogP) is 1.41. The Morgan fingerprint density at radius 1 is 1.50 bits per heavy atom. The average molecular weight is 298 g/mol. The first-order valence-electron chi connectivity index (χ1n) is 6.15. The van der Waals surface area contributed by atoms with Crippen molar-refractivity contribution in [3.8, 4) is 12.3 Å². The first-order chi connectivity index (χ1) is 9.24. The molecular weight excluding hydrogens is 280 g/mol. The molecule has 0 saturated heterocycles. The second kappa shape index (κ2) is 6.11. The van der Waals surface area contributed by atoms with Gasteiger partial charge in [0.2, 0.25) is 10.0 Å². The number of hydrogen-bond donors (Lipinski definition) is 3. The molecule has 0 saturated carbocycles. The van der Waals surface area contributed by atoms with Gasteiger partial charge in [-0.2, -0.15) is 4.72 Å². The van der Waals surface area contributed by atoms with Gasteiger partial charge in [0.25, 0.3) is 0 Å². The van der Waals surface area contributed by atoms with Crippen molar-refractivity contribution in [3.05, 3.63) is 17.0 Å². The fraction of sp³-hybridized carbons (Fsp3) is 0.462. The van der Waals surface area contributed by atoms with Crippen LogP contribution in [0.1, 0.15) is 41.5 Å². The Morgan fingerprint density at radius 2 is 2.10 bits per heavy atom. The van der Waals surface area contributed by atoms with E-state index >= 15 is 0 Å². The number of hydrogen-bond acceptors (Lipinski definition) is 3. The molecule has 1 aromatic rings. The van der Waals surface area contributed by atoms with Crippen molar-refractivity contribution < 1.29 is 18.3 Å². The van der Waals surface area contributed by atoms with Crippen LogP contribution in [0.4, 0.5) is 0 Å². The summed E-state index contributed by atoms with van der Waals surface area (Å²) in [6, 6.07) is -0.605. The molecule has 0 amide bonds. The van der Waals surface area contributed by atoms with Gasteiger partial charge >= 0.3 is 5.97 Å². The largest absolute Gasteiger partial charge is 0.477 e. The molecule has 0 aromatic carbocycles. The van der Waals surface area contributed by atoms with Gasteiger partial charge in [0.1, 0.15) is 10.6 Å². The Balaban J connectivity index is 3.23. The summed E-state index contributed by atoms with van der Waals surface area (Å²) in [5.74, 6) is 1.18.